The summed E-state index contributed by atoms with van der Waals surface area (Å²) in [6.45, 7) is 3.31. The van der Waals surface area contributed by atoms with Gasteiger partial charge in [0.25, 0.3) is 0 Å². The third kappa shape index (κ3) is 5.26. The molecule has 3 aromatic rings. The summed E-state index contributed by atoms with van der Waals surface area (Å²) in [4.78, 5) is 12.6. The maximum atomic E-state index is 12.6. The van der Waals surface area contributed by atoms with E-state index < -0.39 is 0 Å². The van der Waals surface area contributed by atoms with Crippen LogP contribution in [-0.4, -0.2) is 32.5 Å². The number of thioether (sulfide) groups is 1. The zero-order valence-electron chi connectivity index (χ0n) is 16.6. The van der Waals surface area contributed by atoms with Crippen molar-refractivity contribution in [2.45, 2.75) is 49.1 Å². The topological polar surface area (TPSA) is 59.8 Å². The fourth-order valence-electron chi connectivity index (χ4n) is 3.28. The second kappa shape index (κ2) is 9.27. The van der Waals surface area contributed by atoms with Gasteiger partial charge in [0.1, 0.15) is 5.82 Å². The van der Waals surface area contributed by atoms with E-state index in [-0.39, 0.29) is 11.2 Å². The minimum absolute atomic E-state index is 0.0353. The normalized spacial score (nSPS) is 14.5. The molecule has 0 bridgehead atoms. The van der Waals surface area contributed by atoms with Crippen LogP contribution in [0.4, 0.5) is 0 Å². The Bertz CT molecular complexity index is 938. The third-order valence-electron chi connectivity index (χ3n) is 5.08. The highest BCUT2D eigenvalue weighted by Gasteiger charge is 2.31. The van der Waals surface area contributed by atoms with Gasteiger partial charge in [-0.25, -0.2) is 0 Å². The van der Waals surface area contributed by atoms with Crippen LogP contribution in [0, 0.1) is 0 Å². The zero-order chi connectivity index (χ0) is 20.1. The van der Waals surface area contributed by atoms with Crippen molar-refractivity contribution in [1.82, 2.24) is 20.1 Å². The van der Waals surface area contributed by atoms with Gasteiger partial charge in [0.2, 0.25) is 5.91 Å². The fourth-order valence-corrected chi connectivity index (χ4v) is 4.16. The standard InChI is InChI=1S/C23H26N4OS/c1-17(22(28)24-15-14-18-8-4-2-5-9-18)29-23-26-25-21(20-12-13-20)27(23)16-19-10-6-3-7-11-19/h2-11,17,20H,12-16H2,1H3,(H,24,28)/t17-/m0/s1. The highest BCUT2D eigenvalue weighted by Crippen LogP contribution is 2.40. The Labute approximate surface area is 175 Å². The number of nitrogens with one attached hydrogen (secondary N) is 1. The molecule has 0 radical (unpaired) electrons. The van der Waals surface area contributed by atoms with Crippen LogP contribution in [0.5, 0.6) is 0 Å². The van der Waals surface area contributed by atoms with Crippen molar-refractivity contribution >= 4 is 17.7 Å². The van der Waals surface area contributed by atoms with Crippen molar-refractivity contribution in [3.05, 3.63) is 77.6 Å². The van der Waals surface area contributed by atoms with Gasteiger partial charge in [-0.05, 0) is 37.3 Å². The van der Waals surface area contributed by atoms with Crippen LogP contribution < -0.4 is 5.32 Å². The molecular formula is C23H26N4OS. The molecule has 1 saturated carbocycles. The summed E-state index contributed by atoms with van der Waals surface area (Å²) in [5.74, 6) is 1.59. The molecule has 1 aliphatic carbocycles. The number of hydrogen-bond acceptors (Lipinski definition) is 4. The minimum atomic E-state index is -0.225. The lowest BCUT2D eigenvalue weighted by atomic mass is 10.1. The van der Waals surface area contributed by atoms with Gasteiger partial charge in [0, 0.05) is 12.5 Å². The van der Waals surface area contributed by atoms with Crippen molar-refractivity contribution in [2.24, 2.45) is 0 Å². The second-order valence-corrected chi connectivity index (χ2v) is 8.78. The van der Waals surface area contributed by atoms with E-state index in [4.69, 9.17) is 0 Å². The number of carbonyl (C=O) groups excluding carboxylic acids is 1. The lowest BCUT2D eigenvalue weighted by Crippen LogP contribution is -2.32. The Morgan fingerprint density at radius 2 is 1.72 bits per heavy atom. The maximum absolute atomic E-state index is 12.6. The molecule has 0 unspecified atom stereocenters. The molecule has 0 aliphatic heterocycles. The first-order valence-corrected chi connectivity index (χ1v) is 11.0. The van der Waals surface area contributed by atoms with E-state index in [2.05, 4.69) is 44.3 Å². The van der Waals surface area contributed by atoms with Gasteiger partial charge in [-0.3, -0.25) is 4.79 Å². The summed E-state index contributed by atoms with van der Waals surface area (Å²) in [7, 11) is 0. The lowest BCUT2D eigenvalue weighted by molar-refractivity contribution is -0.120. The summed E-state index contributed by atoms with van der Waals surface area (Å²) in [5, 5.41) is 12.5. The molecule has 1 amide bonds. The first kappa shape index (κ1) is 19.7. The molecule has 2 aromatic carbocycles. The monoisotopic (exact) mass is 406 g/mol. The molecule has 1 aliphatic rings. The van der Waals surface area contributed by atoms with Gasteiger partial charge in [0.15, 0.2) is 5.16 Å². The van der Waals surface area contributed by atoms with Crippen LogP contribution in [0.25, 0.3) is 0 Å². The summed E-state index contributed by atoms with van der Waals surface area (Å²) in [6, 6.07) is 20.6. The number of nitrogens with zero attached hydrogens (tertiary/aromatic N) is 3. The van der Waals surface area contributed by atoms with Gasteiger partial charge in [-0.15, -0.1) is 10.2 Å². The van der Waals surface area contributed by atoms with Crippen LogP contribution in [0.2, 0.25) is 0 Å². The van der Waals surface area contributed by atoms with Crippen LogP contribution in [0.15, 0.2) is 65.8 Å². The molecule has 6 heteroatoms. The molecule has 1 N–H and O–H groups in total. The van der Waals surface area contributed by atoms with E-state index in [1.165, 1.54) is 35.7 Å². The maximum Gasteiger partial charge on any atom is 0.233 e. The zero-order valence-corrected chi connectivity index (χ0v) is 17.4. The molecule has 1 fully saturated rings. The number of carbonyl (C=O) groups is 1. The largest absolute Gasteiger partial charge is 0.355 e. The molecule has 0 saturated heterocycles. The van der Waals surface area contributed by atoms with E-state index >= 15 is 0 Å². The average molecular weight is 407 g/mol. The highest BCUT2D eigenvalue weighted by molar-refractivity contribution is 8.00. The Hall–Kier alpha value is -2.60. The third-order valence-corrected chi connectivity index (χ3v) is 6.16. The van der Waals surface area contributed by atoms with E-state index in [9.17, 15) is 4.79 Å². The Morgan fingerprint density at radius 1 is 1.07 bits per heavy atom. The van der Waals surface area contributed by atoms with Crippen molar-refractivity contribution in [2.75, 3.05) is 6.54 Å². The number of hydrogen-bond donors (Lipinski definition) is 1. The molecule has 4 rings (SSSR count). The van der Waals surface area contributed by atoms with Gasteiger partial charge < -0.3 is 9.88 Å². The molecule has 1 heterocycles. The summed E-state index contributed by atoms with van der Waals surface area (Å²) < 4.78 is 2.19. The minimum Gasteiger partial charge on any atom is -0.355 e. The van der Waals surface area contributed by atoms with Crippen molar-refractivity contribution in [3.63, 3.8) is 0 Å². The Morgan fingerprint density at radius 3 is 2.38 bits per heavy atom. The SMILES string of the molecule is C[C@H](Sc1nnc(C2CC2)n1Cc1ccccc1)C(=O)NCCc1ccccc1. The Kier molecular flexibility index (Phi) is 6.30. The van der Waals surface area contributed by atoms with Gasteiger partial charge in [-0.1, -0.05) is 72.4 Å². The molecule has 1 atom stereocenters. The summed E-state index contributed by atoms with van der Waals surface area (Å²) >= 11 is 1.49. The van der Waals surface area contributed by atoms with Crippen LogP contribution in [0.1, 0.15) is 42.6 Å². The molecule has 1 aromatic heterocycles. The van der Waals surface area contributed by atoms with Crippen molar-refractivity contribution in [1.29, 1.82) is 0 Å². The van der Waals surface area contributed by atoms with Gasteiger partial charge >= 0.3 is 0 Å². The fraction of sp³-hybridized carbons (Fsp3) is 0.348. The van der Waals surface area contributed by atoms with Crippen molar-refractivity contribution < 1.29 is 4.79 Å². The molecule has 5 nitrogen and oxygen atoms in total. The van der Waals surface area contributed by atoms with Crippen molar-refractivity contribution in [3.8, 4) is 0 Å². The summed E-state index contributed by atoms with van der Waals surface area (Å²) in [5.41, 5.74) is 2.45. The number of amides is 1. The number of aromatic nitrogens is 3. The smallest absolute Gasteiger partial charge is 0.233 e. The van der Waals surface area contributed by atoms with Crippen LogP contribution in [0.3, 0.4) is 0 Å². The highest BCUT2D eigenvalue weighted by atomic mass is 32.2. The van der Waals surface area contributed by atoms with E-state index in [0.29, 0.717) is 12.5 Å². The number of rotatable bonds is 9. The van der Waals surface area contributed by atoms with Gasteiger partial charge in [-0.2, -0.15) is 0 Å². The first-order valence-electron chi connectivity index (χ1n) is 10.2. The Balaban J connectivity index is 1.38. The second-order valence-electron chi connectivity index (χ2n) is 7.47. The number of benzene rings is 2. The summed E-state index contributed by atoms with van der Waals surface area (Å²) in [6.07, 6.45) is 3.18. The molecular weight excluding hydrogens is 380 g/mol. The van der Waals surface area contributed by atoms with E-state index in [0.717, 1.165) is 23.9 Å². The van der Waals surface area contributed by atoms with Crippen LogP contribution in [-0.2, 0) is 17.8 Å². The molecule has 0 spiro atoms. The quantitative estimate of drug-likeness (QED) is 0.545. The first-order chi connectivity index (χ1) is 14.2. The van der Waals surface area contributed by atoms with E-state index in [1.807, 2.05) is 43.3 Å². The predicted octanol–water partition coefficient (Wildman–Crippen LogP) is 4.04. The van der Waals surface area contributed by atoms with E-state index in [1.54, 1.807) is 0 Å². The van der Waals surface area contributed by atoms with Gasteiger partial charge in [0.05, 0.1) is 11.8 Å². The average Bonchev–Trinajstić information content (AvgIpc) is 3.52. The predicted molar refractivity (Wildman–Crippen MR) is 116 cm³/mol. The molecule has 150 valence electrons. The van der Waals surface area contributed by atoms with Crippen LogP contribution >= 0.6 is 11.8 Å². The lowest BCUT2D eigenvalue weighted by Gasteiger charge is -2.14. The molecule has 29 heavy (non-hydrogen) atoms.